The number of hydrogen-bond donors (Lipinski definition) is 1. The monoisotopic (exact) mass is 297 g/mol. The molecule has 0 saturated carbocycles. The second-order valence-electron chi connectivity index (χ2n) is 5.53. The molecule has 1 amide bonds. The van der Waals surface area contributed by atoms with Crippen molar-refractivity contribution in [3.8, 4) is 0 Å². The van der Waals surface area contributed by atoms with Crippen LogP contribution in [0.5, 0.6) is 0 Å². The Hall–Kier alpha value is -2.11. The molecule has 5 nitrogen and oxygen atoms in total. The SMILES string of the molecule is COC(=O)CC(NC(=O)OC(C)(C)C)c1cccc(F)c1. The van der Waals surface area contributed by atoms with Crippen molar-refractivity contribution in [3.05, 3.63) is 35.6 Å². The summed E-state index contributed by atoms with van der Waals surface area (Å²) in [7, 11) is 1.25. The second-order valence-corrected chi connectivity index (χ2v) is 5.53. The predicted octanol–water partition coefficient (Wildman–Crippen LogP) is 2.95. The Kier molecular flexibility index (Phi) is 5.69. The van der Waals surface area contributed by atoms with Gasteiger partial charge in [0.25, 0.3) is 0 Å². The molecular formula is C15H20FNO4. The first-order valence-electron chi connectivity index (χ1n) is 6.53. The highest BCUT2D eigenvalue weighted by Gasteiger charge is 2.23. The molecule has 0 heterocycles. The molecule has 0 aliphatic rings. The summed E-state index contributed by atoms with van der Waals surface area (Å²) < 4.78 is 23.0. The minimum Gasteiger partial charge on any atom is -0.469 e. The number of carbonyl (C=O) groups is 2. The van der Waals surface area contributed by atoms with Crippen LogP contribution in [0.25, 0.3) is 0 Å². The molecule has 0 bridgehead atoms. The number of benzene rings is 1. The Bertz CT molecular complexity index is 511. The molecule has 21 heavy (non-hydrogen) atoms. The van der Waals surface area contributed by atoms with Gasteiger partial charge in [0.1, 0.15) is 11.4 Å². The average Bonchev–Trinajstić information content (AvgIpc) is 2.35. The second kappa shape index (κ2) is 7.06. The molecule has 1 N–H and O–H groups in total. The molecule has 0 aliphatic carbocycles. The van der Waals surface area contributed by atoms with E-state index in [2.05, 4.69) is 10.1 Å². The Morgan fingerprint density at radius 3 is 2.52 bits per heavy atom. The first kappa shape index (κ1) is 16.9. The number of carbonyl (C=O) groups excluding carboxylic acids is 2. The molecular weight excluding hydrogens is 277 g/mol. The summed E-state index contributed by atoms with van der Waals surface area (Å²) >= 11 is 0. The van der Waals surface area contributed by atoms with Gasteiger partial charge in [-0.05, 0) is 38.5 Å². The standard InChI is InChI=1S/C15H20FNO4/c1-15(2,3)21-14(19)17-12(9-13(18)20-4)10-6-5-7-11(16)8-10/h5-8,12H,9H2,1-4H3,(H,17,19). The first-order valence-corrected chi connectivity index (χ1v) is 6.53. The van der Waals surface area contributed by atoms with Crippen LogP contribution in [0.3, 0.4) is 0 Å². The van der Waals surface area contributed by atoms with E-state index < -0.39 is 29.5 Å². The number of halogens is 1. The molecule has 6 heteroatoms. The van der Waals surface area contributed by atoms with Crippen LogP contribution in [-0.4, -0.2) is 24.8 Å². The van der Waals surface area contributed by atoms with Gasteiger partial charge in [0.2, 0.25) is 0 Å². The highest BCUT2D eigenvalue weighted by atomic mass is 19.1. The number of amides is 1. The number of methoxy groups -OCH3 is 1. The predicted molar refractivity (Wildman–Crippen MR) is 75.1 cm³/mol. The number of nitrogens with one attached hydrogen (secondary N) is 1. The Morgan fingerprint density at radius 2 is 2.00 bits per heavy atom. The Morgan fingerprint density at radius 1 is 1.33 bits per heavy atom. The van der Waals surface area contributed by atoms with Crippen molar-refractivity contribution in [1.29, 1.82) is 0 Å². The van der Waals surface area contributed by atoms with E-state index in [0.717, 1.165) is 0 Å². The zero-order chi connectivity index (χ0) is 16.0. The van der Waals surface area contributed by atoms with Crippen molar-refractivity contribution in [2.75, 3.05) is 7.11 Å². The molecule has 1 unspecified atom stereocenters. The van der Waals surface area contributed by atoms with E-state index in [1.807, 2.05) is 0 Å². The maximum atomic E-state index is 13.3. The van der Waals surface area contributed by atoms with Gasteiger partial charge in [-0.25, -0.2) is 9.18 Å². The smallest absolute Gasteiger partial charge is 0.408 e. The van der Waals surface area contributed by atoms with E-state index in [4.69, 9.17) is 4.74 Å². The molecule has 1 rings (SSSR count). The van der Waals surface area contributed by atoms with Crippen LogP contribution in [0.15, 0.2) is 24.3 Å². The van der Waals surface area contributed by atoms with Gasteiger partial charge in [0, 0.05) is 0 Å². The van der Waals surface area contributed by atoms with Gasteiger partial charge >= 0.3 is 12.1 Å². The van der Waals surface area contributed by atoms with E-state index in [1.165, 1.54) is 25.3 Å². The third-order valence-electron chi connectivity index (χ3n) is 2.54. The van der Waals surface area contributed by atoms with Gasteiger partial charge in [-0.1, -0.05) is 12.1 Å². The third-order valence-corrected chi connectivity index (χ3v) is 2.54. The maximum Gasteiger partial charge on any atom is 0.408 e. The van der Waals surface area contributed by atoms with Gasteiger partial charge < -0.3 is 14.8 Å². The molecule has 1 aromatic carbocycles. The number of alkyl carbamates (subject to hydrolysis) is 1. The summed E-state index contributed by atoms with van der Waals surface area (Å²) in [6, 6.07) is 4.94. The third kappa shape index (κ3) is 6.25. The summed E-state index contributed by atoms with van der Waals surface area (Å²) in [4.78, 5) is 23.3. The fraction of sp³-hybridized carbons (Fsp3) is 0.467. The van der Waals surface area contributed by atoms with Crippen molar-refractivity contribution in [3.63, 3.8) is 0 Å². The summed E-state index contributed by atoms with van der Waals surface area (Å²) in [6.07, 6.45) is -0.792. The molecule has 0 aliphatic heterocycles. The molecule has 0 saturated heterocycles. The zero-order valence-electron chi connectivity index (χ0n) is 12.6. The topological polar surface area (TPSA) is 64.6 Å². The lowest BCUT2D eigenvalue weighted by molar-refractivity contribution is -0.141. The highest BCUT2D eigenvalue weighted by Crippen LogP contribution is 2.19. The largest absolute Gasteiger partial charge is 0.469 e. The lowest BCUT2D eigenvalue weighted by Gasteiger charge is -2.23. The fourth-order valence-corrected chi connectivity index (χ4v) is 1.68. The molecule has 0 radical (unpaired) electrons. The van der Waals surface area contributed by atoms with E-state index in [0.29, 0.717) is 5.56 Å². The number of ether oxygens (including phenoxy) is 2. The highest BCUT2D eigenvalue weighted by molar-refractivity contribution is 5.73. The van der Waals surface area contributed by atoms with E-state index >= 15 is 0 Å². The molecule has 0 aromatic heterocycles. The van der Waals surface area contributed by atoms with Gasteiger partial charge in [-0.2, -0.15) is 0 Å². The van der Waals surface area contributed by atoms with Crippen LogP contribution in [0, 0.1) is 5.82 Å². The van der Waals surface area contributed by atoms with Crippen molar-refractivity contribution >= 4 is 12.1 Å². The van der Waals surface area contributed by atoms with Crippen LogP contribution in [-0.2, 0) is 14.3 Å². The Balaban J connectivity index is 2.87. The maximum absolute atomic E-state index is 13.3. The van der Waals surface area contributed by atoms with Gasteiger partial charge in [0.05, 0.1) is 19.6 Å². The van der Waals surface area contributed by atoms with Crippen molar-refractivity contribution in [1.82, 2.24) is 5.32 Å². The summed E-state index contributed by atoms with van der Waals surface area (Å²) in [5.41, 5.74) is -0.201. The summed E-state index contributed by atoms with van der Waals surface area (Å²) in [6.45, 7) is 5.18. The molecule has 116 valence electrons. The van der Waals surface area contributed by atoms with Crippen LogP contribution >= 0.6 is 0 Å². The van der Waals surface area contributed by atoms with Crippen molar-refractivity contribution in [2.24, 2.45) is 0 Å². The Labute approximate surface area is 123 Å². The van der Waals surface area contributed by atoms with E-state index in [1.54, 1.807) is 26.8 Å². The minimum atomic E-state index is -0.719. The van der Waals surface area contributed by atoms with Crippen molar-refractivity contribution < 1.29 is 23.5 Å². The number of rotatable bonds is 4. The fourth-order valence-electron chi connectivity index (χ4n) is 1.68. The lowest BCUT2D eigenvalue weighted by Crippen LogP contribution is -2.36. The number of esters is 1. The van der Waals surface area contributed by atoms with E-state index in [9.17, 15) is 14.0 Å². The normalized spacial score (nSPS) is 12.4. The van der Waals surface area contributed by atoms with Crippen molar-refractivity contribution in [2.45, 2.75) is 38.8 Å². The van der Waals surface area contributed by atoms with Gasteiger partial charge in [0.15, 0.2) is 0 Å². The first-order chi connectivity index (χ1) is 9.71. The van der Waals surface area contributed by atoms with Crippen LogP contribution in [0.2, 0.25) is 0 Å². The molecule has 1 atom stereocenters. The van der Waals surface area contributed by atoms with Gasteiger partial charge in [-0.15, -0.1) is 0 Å². The van der Waals surface area contributed by atoms with Gasteiger partial charge in [-0.3, -0.25) is 4.79 Å². The van der Waals surface area contributed by atoms with Crippen LogP contribution in [0.1, 0.15) is 38.8 Å². The average molecular weight is 297 g/mol. The minimum absolute atomic E-state index is 0.112. The summed E-state index contributed by atoms with van der Waals surface area (Å²) in [5, 5.41) is 2.55. The molecule has 1 aromatic rings. The zero-order valence-corrected chi connectivity index (χ0v) is 12.6. The quantitative estimate of drug-likeness (QED) is 0.868. The lowest BCUT2D eigenvalue weighted by atomic mass is 10.0. The van der Waals surface area contributed by atoms with Crippen LogP contribution in [0.4, 0.5) is 9.18 Å². The van der Waals surface area contributed by atoms with E-state index in [-0.39, 0.29) is 6.42 Å². The molecule has 0 fully saturated rings. The summed E-state index contributed by atoms with van der Waals surface area (Å²) in [5.74, 6) is -0.964. The number of hydrogen-bond acceptors (Lipinski definition) is 4. The molecule has 0 spiro atoms. The van der Waals surface area contributed by atoms with Crippen LogP contribution < -0.4 is 5.32 Å².